The van der Waals surface area contributed by atoms with Gasteiger partial charge >= 0.3 is 66.0 Å². The summed E-state index contributed by atoms with van der Waals surface area (Å²) in [6.45, 7) is 4.55. The van der Waals surface area contributed by atoms with Gasteiger partial charge in [0.2, 0.25) is 0 Å². The van der Waals surface area contributed by atoms with Crippen LogP contribution in [0.5, 0.6) is 0 Å². The molecule has 0 rings (SSSR count). The van der Waals surface area contributed by atoms with E-state index in [0.29, 0.717) is 0 Å². The number of rotatable bonds is 4. The van der Waals surface area contributed by atoms with Crippen LogP contribution in [-0.4, -0.2) is 22.5 Å². The average Bonchev–Trinajstić information content (AvgIpc) is 1.83. The number of hydrogen-bond acceptors (Lipinski definition) is 0. The van der Waals surface area contributed by atoms with Crippen LogP contribution in [0.4, 0.5) is 0 Å². The first-order chi connectivity index (χ1) is 3.81. The molecule has 0 nitrogen and oxygen atoms in total. The van der Waals surface area contributed by atoms with Crippen molar-refractivity contribution in [2.75, 3.05) is 0 Å². The summed E-state index contributed by atoms with van der Waals surface area (Å²) in [6, 6.07) is 0. The molecule has 0 aliphatic carbocycles. The molecule has 0 aromatic heterocycles. The van der Waals surface area contributed by atoms with Crippen LogP contribution in [0.1, 0.15) is 39.5 Å². The van der Waals surface area contributed by atoms with Gasteiger partial charge < -0.3 is 0 Å². The van der Waals surface area contributed by atoms with Gasteiger partial charge in [-0.2, -0.15) is 0 Å². The van der Waals surface area contributed by atoms with Gasteiger partial charge in [-0.1, -0.05) is 0 Å². The molecule has 0 heterocycles. The number of unbranched alkanes of at least 4 members (excludes halogenated alkanes) is 1. The van der Waals surface area contributed by atoms with Crippen LogP contribution in [0, 0.1) is 0 Å². The Bertz CT molecular complexity index is 53.0. The van der Waals surface area contributed by atoms with E-state index in [-0.39, 0.29) is 37.2 Å². The Labute approximate surface area is 103 Å². The van der Waals surface area contributed by atoms with Gasteiger partial charge in [0.15, 0.2) is 0 Å². The van der Waals surface area contributed by atoms with Crippen molar-refractivity contribution in [2.24, 2.45) is 0 Å². The third kappa shape index (κ3) is 18.5. The van der Waals surface area contributed by atoms with Gasteiger partial charge in [-0.15, -0.1) is 37.2 Å². The largest absolute Gasteiger partial charge is 0.147 e. The summed E-state index contributed by atoms with van der Waals surface area (Å²) < 4.78 is 1.04. The molecule has 0 saturated heterocycles. The minimum Gasteiger partial charge on any atom is -0.147 e. The summed E-state index contributed by atoms with van der Waals surface area (Å²) in [7, 11) is 0. The summed E-state index contributed by atoms with van der Waals surface area (Å²) in [5, 5.41) is 0. The third-order valence-corrected chi connectivity index (χ3v) is 3.39. The Hall–Kier alpha value is 1.67. The van der Waals surface area contributed by atoms with E-state index in [4.69, 9.17) is 0 Å². The molecule has 0 bridgehead atoms. The average molecular weight is 327 g/mol. The summed E-state index contributed by atoms with van der Waals surface area (Å²) in [4.78, 5) is 0. The first-order valence-electron chi connectivity index (χ1n) is 3.52. The first kappa shape index (κ1) is 23.0. The van der Waals surface area contributed by atoms with E-state index in [9.17, 15) is 0 Å². The molecule has 0 aromatic rings. The van der Waals surface area contributed by atoms with Crippen LogP contribution in [0.15, 0.2) is 0 Å². The SMILES string of the molecule is CCCC[CH]([Sn])CC.Cl.Cl.Cl. The normalized spacial score (nSPS) is 10.1. The Balaban J connectivity index is -0.0000000817. The maximum atomic E-state index is 2.29. The minimum absolute atomic E-state index is 0. The molecule has 0 aliphatic heterocycles. The molecule has 0 amide bonds. The van der Waals surface area contributed by atoms with Crippen molar-refractivity contribution in [3.05, 3.63) is 0 Å². The quantitative estimate of drug-likeness (QED) is 0.689. The van der Waals surface area contributed by atoms with Crippen LogP contribution in [-0.2, 0) is 0 Å². The van der Waals surface area contributed by atoms with Gasteiger partial charge in [-0.05, 0) is 0 Å². The molecule has 0 N–H and O–H groups in total. The zero-order valence-electron chi connectivity index (χ0n) is 7.13. The van der Waals surface area contributed by atoms with Crippen molar-refractivity contribution in [1.82, 2.24) is 0 Å². The minimum atomic E-state index is 0. The first-order valence-corrected chi connectivity index (χ1v) is 5.17. The molecule has 4 heteroatoms. The van der Waals surface area contributed by atoms with Crippen molar-refractivity contribution in [2.45, 2.75) is 43.5 Å². The second-order valence-corrected chi connectivity index (χ2v) is 4.58. The molecule has 0 saturated carbocycles. The zero-order chi connectivity index (χ0) is 6.41. The molecule has 0 fully saturated rings. The molecule has 1 unspecified atom stereocenters. The van der Waals surface area contributed by atoms with Gasteiger partial charge in [0.25, 0.3) is 0 Å². The molecular formula is C7H18Cl3Sn. The fraction of sp³-hybridized carbons (Fsp3) is 1.00. The van der Waals surface area contributed by atoms with Crippen LogP contribution >= 0.6 is 37.2 Å². The van der Waals surface area contributed by atoms with Crippen LogP contribution < -0.4 is 0 Å². The second-order valence-electron chi connectivity index (χ2n) is 2.25. The van der Waals surface area contributed by atoms with Crippen molar-refractivity contribution in [3.63, 3.8) is 0 Å². The van der Waals surface area contributed by atoms with E-state index in [1.165, 1.54) is 25.7 Å². The molecular weight excluding hydrogens is 309 g/mol. The van der Waals surface area contributed by atoms with Gasteiger partial charge in [-0.25, -0.2) is 0 Å². The van der Waals surface area contributed by atoms with E-state index < -0.39 is 0 Å². The Morgan fingerprint density at radius 3 is 1.82 bits per heavy atom. The molecule has 71 valence electrons. The Morgan fingerprint density at radius 1 is 1.09 bits per heavy atom. The summed E-state index contributed by atoms with van der Waals surface area (Å²) in [6.07, 6.45) is 5.65. The van der Waals surface area contributed by atoms with Crippen LogP contribution in [0.25, 0.3) is 0 Å². The molecule has 3 radical (unpaired) electrons. The fourth-order valence-electron chi connectivity index (χ4n) is 0.655. The van der Waals surface area contributed by atoms with E-state index in [0.717, 1.165) is 3.93 Å². The molecule has 0 aromatic carbocycles. The molecule has 1 atom stereocenters. The monoisotopic (exact) mass is 327 g/mol. The maximum Gasteiger partial charge on any atom is -0.147 e. The van der Waals surface area contributed by atoms with Crippen molar-refractivity contribution >= 4 is 59.7 Å². The van der Waals surface area contributed by atoms with Crippen molar-refractivity contribution < 1.29 is 0 Å². The third-order valence-electron chi connectivity index (χ3n) is 1.40. The van der Waals surface area contributed by atoms with E-state index in [1.54, 1.807) is 22.5 Å². The Kier molecular flexibility index (Phi) is 36.9. The molecule has 11 heavy (non-hydrogen) atoms. The van der Waals surface area contributed by atoms with Crippen molar-refractivity contribution in [3.8, 4) is 0 Å². The standard InChI is InChI=1S/C7H15.3ClH.Sn/c1-3-5-7-6-4-2;;;;/h5H,3-4,6-7H2,1-2H3;3*1H;. The van der Waals surface area contributed by atoms with Crippen molar-refractivity contribution in [1.29, 1.82) is 0 Å². The van der Waals surface area contributed by atoms with Gasteiger partial charge in [0.05, 0.1) is 0 Å². The van der Waals surface area contributed by atoms with E-state index in [2.05, 4.69) is 13.8 Å². The fourth-order valence-corrected chi connectivity index (χ4v) is 1.24. The van der Waals surface area contributed by atoms with Gasteiger partial charge in [0.1, 0.15) is 0 Å². The number of hydrogen-bond donors (Lipinski definition) is 0. The zero-order valence-corrected chi connectivity index (χ0v) is 12.4. The summed E-state index contributed by atoms with van der Waals surface area (Å²) in [5.41, 5.74) is 0. The topological polar surface area (TPSA) is 0 Å². The van der Waals surface area contributed by atoms with Crippen LogP contribution in [0.3, 0.4) is 0 Å². The maximum absolute atomic E-state index is 2.29. The smallest absolute Gasteiger partial charge is 0.147 e. The summed E-state index contributed by atoms with van der Waals surface area (Å²) >= 11 is 1.73. The predicted molar refractivity (Wildman–Crippen MR) is 61.1 cm³/mol. The summed E-state index contributed by atoms with van der Waals surface area (Å²) in [5.74, 6) is 0. The van der Waals surface area contributed by atoms with Gasteiger partial charge in [0, 0.05) is 0 Å². The second kappa shape index (κ2) is 17.7. The van der Waals surface area contributed by atoms with Gasteiger partial charge in [-0.3, -0.25) is 0 Å². The predicted octanol–water partition coefficient (Wildman–Crippen LogP) is 3.81. The Morgan fingerprint density at radius 2 is 1.55 bits per heavy atom. The number of halogens is 3. The van der Waals surface area contributed by atoms with Crippen LogP contribution in [0.2, 0.25) is 3.93 Å². The molecule has 0 spiro atoms. The van der Waals surface area contributed by atoms with E-state index >= 15 is 0 Å². The molecule has 0 aliphatic rings. The van der Waals surface area contributed by atoms with E-state index in [1.807, 2.05) is 0 Å².